The fraction of sp³-hybridized carbons (Fsp3) is 0.273. The molecule has 0 fully saturated rings. The SMILES string of the molecule is CC(C)c1nc(-c2ncccn2)[nH]c(=O)c1Br. The van der Waals surface area contributed by atoms with Crippen LogP contribution < -0.4 is 5.56 Å². The lowest BCUT2D eigenvalue weighted by molar-refractivity contribution is 0.800. The normalized spacial score (nSPS) is 10.8. The molecule has 6 heteroatoms. The molecule has 0 saturated heterocycles. The van der Waals surface area contributed by atoms with E-state index in [2.05, 4.69) is 35.9 Å². The van der Waals surface area contributed by atoms with Gasteiger partial charge in [0.05, 0.1) is 5.69 Å². The predicted molar refractivity (Wildman–Crippen MR) is 67.7 cm³/mol. The maximum absolute atomic E-state index is 11.7. The standard InChI is InChI=1S/C11H11BrN4O/c1-6(2)8-7(12)11(17)16-10(15-8)9-13-4-3-5-14-9/h3-6H,1-2H3,(H,15,16,17). The van der Waals surface area contributed by atoms with E-state index in [1.165, 1.54) is 0 Å². The molecule has 0 unspecified atom stereocenters. The van der Waals surface area contributed by atoms with Gasteiger partial charge in [0.15, 0.2) is 11.6 Å². The minimum Gasteiger partial charge on any atom is -0.303 e. The largest absolute Gasteiger partial charge is 0.303 e. The van der Waals surface area contributed by atoms with Gasteiger partial charge in [0, 0.05) is 12.4 Å². The van der Waals surface area contributed by atoms with Crippen LogP contribution >= 0.6 is 15.9 Å². The fourth-order valence-electron chi connectivity index (χ4n) is 1.39. The smallest absolute Gasteiger partial charge is 0.265 e. The lowest BCUT2D eigenvalue weighted by Gasteiger charge is -2.08. The monoisotopic (exact) mass is 294 g/mol. The second-order valence-electron chi connectivity index (χ2n) is 3.84. The summed E-state index contributed by atoms with van der Waals surface area (Å²) < 4.78 is 0.465. The van der Waals surface area contributed by atoms with Crippen molar-refractivity contribution in [2.24, 2.45) is 0 Å². The Hall–Kier alpha value is -1.56. The van der Waals surface area contributed by atoms with Crippen molar-refractivity contribution >= 4 is 15.9 Å². The molecule has 0 aliphatic rings. The van der Waals surface area contributed by atoms with Crippen LogP contribution in [-0.2, 0) is 0 Å². The highest BCUT2D eigenvalue weighted by atomic mass is 79.9. The van der Waals surface area contributed by atoms with E-state index in [1.54, 1.807) is 18.5 Å². The molecule has 0 aliphatic carbocycles. The van der Waals surface area contributed by atoms with Crippen LogP contribution in [-0.4, -0.2) is 19.9 Å². The van der Waals surface area contributed by atoms with Gasteiger partial charge in [-0.3, -0.25) is 4.79 Å². The van der Waals surface area contributed by atoms with Crippen molar-refractivity contribution < 1.29 is 0 Å². The summed E-state index contributed by atoms with van der Waals surface area (Å²) in [6.07, 6.45) is 3.22. The molecule has 0 aliphatic heterocycles. The number of hydrogen-bond donors (Lipinski definition) is 1. The molecule has 2 aromatic heterocycles. The average molecular weight is 295 g/mol. The molecule has 1 N–H and O–H groups in total. The van der Waals surface area contributed by atoms with Gasteiger partial charge < -0.3 is 4.98 Å². The van der Waals surface area contributed by atoms with E-state index in [-0.39, 0.29) is 11.5 Å². The zero-order valence-corrected chi connectivity index (χ0v) is 11.0. The van der Waals surface area contributed by atoms with Crippen molar-refractivity contribution in [3.05, 3.63) is 39.0 Å². The van der Waals surface area contributed by atoms with Crippen LogP contribution in [0.1, 0.15) is 25.5 Å². The molecule has 5 nitrogen and oxygen atoms in total. The Morgan fingerprint density at radius 1 is 1.29 bits per heavy atom. The van der Waals surface area contributed by atoms with Crippen LogP contribution in [0.3, 0.4) is 0 Å². The molecule has 88 valence electrons. The molecule has 0 saturated carbocycles. The zero-order valence-electron chi connectivity index (χ0n) is 9.44. The quantitative estimate of drug-likeness (QED) is 0.921. The van der Waals surface area contributed by atoms with Gasteiger partial charge in [-0.1, -0.05) is 13.8 Å². The minimum absolute atomic E-state index is 0.147. The Labute approximate surface area is 106 Å². The summed E-state index contributed by atoms with van der Waals surface area (Å²) in [5, 5.41) is 0. The molecular formula is C11H11BrN4O. The number of hydrogen-bond acceptors (Lipinski definition) is 4. The van der Waals surface area contributed by atoms with Crippen LogP contribution in [0.2, 0.25) is 0 Å². The molecule has 0 atom stereocenters. The van der Waals surface area contributed by atoms with E-state index >= 15 is 0 Å². The fourth-order valence-corrected chi connectivity index (χ4v) is 2.03. The van der Waals surface area contributed by atoms with Crippen molar-refractivity contribution in [3.63, 3.8) is 0 Å². The van der Waals surface area contributed by atoms with Crippen LogP contribution in [0.25, 0.3) is 11.6 Å². The van der Waals surface area contributed by atoms with E-state index in [1.807, 2.05) is 13.8 Å². The van der Waals surface area contributed by atoms with E-state index in [4.69, 9.17) is 0 Å². The number of aromatic amines is 1. The third-order valence-electron chi connectivity index (χ3n) is 2.21. The molecule has 2 rings (SSSR count). The summed E-state index contributed by atoms with van der Waals surface area (Å²) in [6, 6.07) is 1.71. The average Bonchev–Trinajstić information content (AvgIpc) is 2.33. The van der Waals surface area contributed by atoms with Gasteiger partial charge in [-0.25, -0.2) is 15.0 Å². The van der Waals surface area contributed by atoms with Crippen molar-refractivity contribution in [2.75, 3.05) is 0 Å². The van der Waals surface area contributed by atoms with E-state index < -0.39 is 0 Å². The number of nitrogens with one attached hydrogen (secondary N) is 1. The van der Waals surface area contributed by atoms with E-state index in [0.29, 0.717) is 21.8 Å². The zero-order chi connectivity index (χ0) is 12.4. The molecule has 0 bridgehead atoms. The summed E-state index contributed by atoms with van der Waals surface area (Å²) in [5.41, 5.74) is 0.488. The van der Waals surface area contributed by atoms with Crippen molar-refractivity contribution in [1.29, 1.82) is 0 Å². The Bertz CT molecular complexity index is 580. The van der Waals surface area contributed by atoms with Gasteiger partial charge in [0.1, 0.15) is 4.47 Å². The van der Waals surface area contributed by atoms with Gasteiger partial charge in [0.2, 0.25) is 0 Å². The first-order valence-corrected chi connectivity index (χ1v) is 5.96. The second kappa shape index (κ2) is 4.75. The maximum atomic E-state index is 11.7. The first-order valence-electron chi connectivity index (χ1n) is 5.16. The molecule has 2 heterocycles. The van der Waals surface area contributed by atoms with E-state index in [9.17, 15) is 4.79 Å². The number of nitrogens with zero attached hydrogens (tertiary/aromatic N) is 3. The highest BCUT2D eigenvalue weighted by molar-refractivity contribution is 9.10. The summed E-state index contributed by atoms with van der Waals surface area (Å²) in [6.45, 7) is 3.95. The van der Waals surface area contributed by atoms with Gasteiger partial charge >= 0.3 is 0 Å². The molecule has 0 aromatic carbocycles. The first kappa shape index (κ1) is 11.9. The topological polar surface area (TPSA) is 71.5 Å². The highest BCUT2D eigenvalue weighted by Crippen LogP contribution is 2.20. The molecule has 0 spiro atoms. The highest BCUT2D eigenvalue weighted by Gasteiger charge is 2.14. The van der Waals surface area contributed by atoms with E-state index in [0.717, 1.165) is 0 Å². The number of aromatic nitrogens is 4. The third kappa shape index (κ3) is 2.41. The molecule has 0 radical (unpaired) electrons. The van der Waals surface area contributed by atoms with Gasteiger partial charge in [-0.05, 0) is 27.9 Å². The van der Waals surface area contributed by atoms with Crippen LogP contribution in [0.5, 0.6) is 0 Å². The maximum Gasteiger partial charge on any atom is 0.265 e. The molecular weight excluding hydrogens is 284 g/mol. The van der Waals surface area contributed by atoms with Crippen molar-refractivity contribution in [2.45, 2.75) is 19.8 Å². The lowest BCUT2D eigenvalue weighted by atomic mass is 10.1. The Morgan fingerprint density at radius 3 is 2.53 bits per heavy atom. The van der Waals surface area contributed by atoms with Crippen LogP contribution in [0.15, 0.2) is 27.7 Å². The second-order valence-corrected chi connectivity index (χ2v) is 4.63. The Balaban J connectivity index is 2.62. The van der Waals surface area contributed by atoms with Gasteiger partial charge in [-0.15, -0.1) is 0 Å². The number of H-pyrrole nitrogens is 1. The Morgan fingerprint density at radius 2 is 1.94 bits per heavy atom. The minimum atomic E-state index is -0.217. The van der Waals surface area contributed by atoms with Crippen molar-refractivity contribution in [3.8, 4) is 11.6 Å². The predicted octanol–water partition coefficient (Wildman–Crippen LogP) is 2.11. The number of rotatable bonds is 2. The van der Waals surface area contributed by atoms with Crippen LogP contribution in [0.4, 0.5) is 0 Å². The summed E-state index contributed by atoms with van der Waals surface area (Å²) >= 11 is 3.24. The van der Waals surface area contributed by atoms with Gasteiger partial charge in [-0.2, -0.15) is 0 Å². The molecule has 2 aromatic rings. The summed E-state index contributed by atoms with van der Waals surface area (Å²) in [4.78, 5) is 26.9. The molecule has 17 heavy (non-hydrogen) atoms. The lowest BCUT2D eigenvalue weighted by Crippen LogP contribution is -2.15. The number of halogens is 1. The molecule has 0 amide bonds. The summed E-state index contributed by atoms with van der Waals surface area (Å²) in [5.74, 6) is 0.954. The van der Waals surface area contributed by atoms with Crippen molar-refractivity contribution in [1.82, 2.24) is 19.9 Å². The summed E-state index contributed by atoms with van der Waals surface area (Å²) in [7, 11) is 0. The van der Waals surface area contributed by atoms with Gasteiger partial charge in [0.25, 0.3) is 5.56 Å². The Kier molecular flexibility index (Phi) is 3.33. The first-order chi connectivity index (χ1) is 8.09. The van der Waals surface area contributed by atoms with Crippen LogP contribution in [0, 0.1) is 0 Å². The third-order valence-corrected chi connectivity index (χ3v) is 2.98.